The molecule has 12 heteroatoms. The normalized spacial score (nSPS) is 16.6. The average molecular weight is 584 g/mol. The number of piperazine rings is 1. The van der Waals surface area contributed by atoms with Crippen molar-refractivity contribution in [1.29, 1.82) is 0 Å². The number of nitrogens with zero attached hydrogens (tertiary/aromatic N) is 3. The third-order valence-corrected chi connectivity index (χ3v) is 7.82. The first-order chi connectivity index (χ1) is 20.3. The van der Waals surface area contributed by atoms with E-state index in [0.29, 0.717) is 17.5 Å². The molecule has 3 aromatic rings. The minimum atomic E-state index is -4.66. The van der Waals surface area contributed by atoms with Crippen molar-refractivity contribution in [3.63, 3.8) is 0 Å². The van der Waals surface area contributed by atoms with E-state index >= 15 is 0 Å². The van der Waals surface area contributed by atoms with Crippen LogP contribution in [0.15, 0.2) is 54.7 Å². The topological polar surface area (TPSA) is 93.8 Å². The van der Waals surface area contributed by atoms with Gasteiger partial charge in [-0.25, -0.2) is 4.98 Å². The Kier molecular flexibility index (Phi) is 9.03. The number of carbonyl (C=O) groups excluding carboxylic acids is 1. The number of methoxy groups -OCH3 is 1. The van der Waals surface area contributed by atoms with Gasteiger partial charge in [0.05, 0.1) is 35.3 Å². The van der Waals surface area contributed by atoms with Crippen molar-refractivity contribution in [2.75, 3.05) is 69.0 Å². The molecule has 0 atom stereocenters. The first kappa shape index (κ1) is 29.5. The number of piperidine rings is 1. The third-order valence-electron chi connectivity index (χ3n) is 7.82. The number of benzene rings is 2. The van der Waals surface area contributed by atoms with Gasteiger partial charge in [0.25, 0.3) is 5.91 Å². The quantitative estimate of drug-likeness (QED) is 0.300. The van der Waals surface area contributed by atoms with Gasteiger partial charge >= 0.3 is 6.18 Å². The van der Waals surface area contributed by atoms with E-state index in [1.54, 1.807) is 25.3 Å². The Morgan fingerprint density at radius 1 is 0.976 bits per heavy atom. The number of para-hydroxylation sites is 1. The van der Waals surface area contributed by atoms with Crippen molar-refractivity contribution in [2.24, 2.45) is 0 Å². The van der Waals surface area contributed by atoms with Gasteiger partial charge in [0, 0.05) is 76.4 Å². The molecule has 0 spiro atoms. The number of aromatic nitrogens is 1. The van der Waals surface area contributed by atoms with Crippen LogP contribution in [0.5, 0.6) is 5.75 Å². The maximum absolute atomic E-state index is 13.9. The molecule has 2 aliphatic heterocycles. The van der Waals surface area contributed by atoms with Gasteiger partial charge in [-0.15, -0.1) is 0 Å². The van der Waals surface area contributed by atoms with E-state index in [1.807, 2.05) is 18.2 Å². The Labute approximate surface area is 243 Å². The molecule has 42 heavy (non-hydrogen) atoms. The Bertz CT molecular complexity index is 1390. The van der Waals surface area contributed by atoms with Crippen LogP contribution < -0.4 is 30.9 Å². The highest BCUT2D eigenvalue weighted by Gasteiger charge is 2.35. The minimum absolute atomic E-state index is 0.186. The average Bonchev–Trinajstić information content (AvgIpc) is 3.01. The number of halogens is 3. The molecule has 2 fully saturated rings. The standard InChI is InChI=1S/C30H36F3N7O2/c1-34-29(41)22-5-3-4-6-24(22)37-26-18-28(36-19-23(26)30(31,32)33)38-25-8-7-21(17-27(25)42-2)39-13-9-20(10-14-39)40-15-11-35-12-16-40/h3-8,17-20,35H,9-16H2,1-2H3,(H,34,41)(H2,36,37,38). The van der Waals surface area contributed by atoms with Crippen molar-refractivity contribution in [3.8, 4) is 5.75 Å². The summed E-state index contributed by atoms with van der Waals surface area (Å²) in [5, 5.41) is 11.8. The van der Waals surface area contributed by atoms with Crippen LogP contribution in [0.1, 0.15) is 28.8 Å². The molecule has 4 N–H and O–H groups in total. The van der Waals surface area contributed by atoms with Crippen LogP contribution in [0, 0.1) is 0 Å². The summed E-state index contributed by atoms with van der Waals surface area (Å²) in [4.78, 5) is 21.2. The van der Waals surface area contributed by atoms with E-state index in [0.717, 1.165) is 64.0 Å². The summed E-state index contributed by atoms with van der Waals surface area (Å²) in [6, 6.07) is 14.0. The van der Waals surface area contributed by atoms with Crippen molar-refractivity contribution < 1.29 is 22.7 Å². The van der Waals surface area contributed by atoms with Crippen LogP contribution in [0.3, 0.4) is 0 Å². The maximum atomic E-state index is 13.9. The number of alkyl halides is 3. The number of anilines is 5. The zero-order valence-corrected chi connectivity index (χ0v) is 23.7. The molecule has 1 amide bonds. The number of nitrogens with one attached hydrogen (secondary N) is 4. The SMILES string of the molecule is CNC(=O)c1ccccc1Nc1cc(Nc2ccc(N3CCC(N4CCNCC4)CC3)cc2OC)ncc1C(F)(F)F. The number of hydrogen-bond donors (Lipinski definition) is 4. The molecule has 5 rings (SSSR count). The molecule has 2 aromatic carbocycles. The number of amides is 1. The molecule has 2 aliphatic rings. The summed E-state index contributed by atoms with van der Waals surface area (Å²) in [5.74, 6) is 0.320. The molecule has 0 bridgehead atoms. The monoisotopic (exact) mass is 583 g/mol. The number of rotatable bonds is 8. The van der Waals surface area contributed by atoms with Crippen LogP contribution >= 0.6 is 0 Å². The van der Waals surface area contributed by atoms with Crippen molar-refractivity contribution in [2.45, 2.75) is 25.1 Å². The van der Waals surface area contributed by atoms with Crippen molar-refractivity contribution >= 4 is 34.5 Å². The maximum Gasteiger partial charge on any atom is 0.419 e. The predicted molar refractivity (Wildman–Crippen MR) is 158 cm³/mol. The van der Waals surface area contributed by atoms with E-state index in [2.05, 4.69) is 36.1 Å². The Morgan fingerprint density at radius 3 is 2.40 bits per heavy atom. The summed E-state index contributed by atoms with van der Waals surface area (Å²) in [6.45, 7) is 6.15. The van der Waals surface area contributed by atoms with Gasteiger partial charge in [0.15, 0.2) is 0 Å². The van der Waals surface area contributed by atoms with Gasteiger partial charge in [-0.05, 0) is 37.1 Å². The summed E-state index contributed by atoms with van der Waals surface area (Å²) in [6.07, 6.45) is -1.70. The largest absolute Gasteiger partial charge is 0.494 e. The van der Waals surface area contributed by atoms with E-state index in [-0.39, 0.29) is 22.8 Å². The Balaban J connectivity index is 1.34. The van der Waals surface area contributed by atoms with E-state index in [1.165, 1.54) is 19.2 Å². The van der Waals surface area contributed by atoms with Gasteiger partial charge in [-0.2, -0.15) is 13.2 Å². The van der Waals surface area contributed by atoms with E-state index in [4.69, 9.17) is 4.74 Å². The molecule has 9 nitrogen and oxygen atoms in total. The molecule has 2 saturated heterocycles. The Hall–Kier alpha value is -4.03. The first-order valence-corrected chi connectivity index (χ1v) is 14.1. The lowest BCUT2D eigenvalue weighted by atomic mass is 10.0. The second-order valence-corrected chi connectivity index (χ2v) is 10.4. The van der Waals surface area contributed by atoms with Gasteiger partial charge in [0.1, 0.15) is 11.6 Å². The van der Waals surface area contributed by atoms with Crippen molar-refractivity contribution in [1.82, 2.24) is 20.5 Å². The molecule has 0 saturated carbocycles. The predicted octanol–water partition coefficient (Wildman–Crippen LogP) is 4.83. The van der Waals surface area contributed by atoms with E-state index < -0.39 is 17.6 Å². The van der Waals surface area contributed by atoms with Crippen LogP contribution in [0.4, 0.5) is 41.7 Å². The number of ether oxygens (including phenoxy) is 1. The molecule has 0 radical (unpaired) electrons. The van der Waals surface area contributed by atoms with Crippen LogP contribution in [0.2, 0.25) is 0 Å². The number of carbonyl (C=O) groups is 1. The third kappa shape index (κ3) is 6.71. The van der Waals surface area contributed by atoms with Gasteiger partial charge in [-0.3, -0.25) is 9.69 Å². The van der Waals surface area contributed by atoms with Gasteiger partial charge in [-0.1, -0.05) is 12.1 Å². The summed E-state index contributed by atoms with van der Waals surface area (Å²) in [7, 11) is 3.02. The second kappa shape index (κ2) is 12.9. The second-order valence-electron chi connectivity index (χ2n) is 10.4. The Morgan fingerprint density at radius 2 is 1.71 bits per heavy atom. The smallest absolute Gasteiger partial charge is 0.419 e. The summed E-state index contributed by atoms with van der Waals surface area (Å²) in [5.41, 5.74) is 0.868. The highest BCUT2D eigenvalue weighted by Crippen LogP contribution is 2.39. The lowest BCUT2D eigenvalue weighted by Crippen LogP contribution is -2.52. The first-order valence-electron chi connectivity index (χ1n) is 14.1. The molecule has 0 unspecified atom stereocenters. The fourth-order valence-electron chi connectivity index (χ4n) is 5.58. The van der Waals surface area contributed by atoms with Crippen LogP contribution in [-0.4, -0.2) is 75.3 Å². The minimum Gasteiger partial charge on any atom is -0.494 e. The van der Waals surface area contributed by atoms with Crippen LogP contribution in [-0.2, 0) is 6.18 Å². The van der Waals surface area contributed by atoms with Gasteiger partial charge in [0.2, 0.25) is 0 Å². The molecule has 224 valence electrons. The van der Waals surface area contributed by atoms with Gasteiger partial charge < -0.3 is 30.9 Å². The fraction of sp³-hybridized carbons (Fsp3) is 0.400. The zero-order chi connectivity index (χ0) is 29.7. The molecule has 3 heterocycles. The summed E-state index contributed by atoms with van der Waals surface area (Å²) < 4.78 is 47.3. The molecular formula is C30H36F3N7O2. The van der Waals surface area contributed by atoms with E-state index in [9.17, 15) is 18.0 Å². The fourth-order valence-corrected chi connectivity index (χ4v) is 5.58. The number of pyridine rings is 1. The van der Waals surface area contributed by atoms with Crippen LogP contribution in [0.25, 0.3) is 0 Å². The molecule has 1 aromatic heterocycles. The molecule has 0 aliphatic carbocycles. The van der Waals surface area contributed by atoms with Crippen molar-refractivity contribution in [3.05, 3.63) is 65.9 Å². The zero-order valence-electron chi connectivity index (χ0n) is 23.7. The highest BCUT2D eigenvalue weighted by atomic mass is 19.4. The lowest BCUT2D eigenvalue weighted by molar-refractivity contribution is -0.137. The molecular weight excluding hydrogens is 547 g/mol. The summed E-state index contributed by atoms with van der Waals surface area (Å²) >= 11 is 0. The highest BCUT2D eigenvalue weighted by molar-refractivity contribution is 6.00. The lowest BCUT2D eigenvalue weighted by Gasteiger charge is -2.41. The number of hydrogen-bond acceptors (Lipinski definition) is 8.